The molecule has 1 unspecified atom stereocenters. The Morgan fingerprint density at radius 1 is 1.19 bits per heavy atom. The van der Waals surface area contributed by atoms with Gasteiger partial charge < -0.3 is 4.55 Å². The van der Waals surface area contributed by atoms with E-state index in [4.69, 9.17) is 0 Å². The van der Waals surface area contributed by atoms with Gasteiger partial charge in [0.2, 0.25) is 9.71 Å². The van der Waals surface area contributed by atoms with Gasteiger partial charge in [0.05, 0.1) is 10.1 Å². The first-order valence-electron chi connectivity index (χ1n) is 6.67. The molecule has 0 fully saturated rings. The maximum absolute atomic E-state index is 10.7. The van der Waals surface area contributed by atoms with Crippen molar-refractivity contribution in [2.45, 2.75) is 19.1 Å². The number of rotatable bonds is 4. The molecular formula is C15H15NO3S2. The zero-order valence-corrected chi connectivity index (χ0v) is 13.2. The summed E-state index contributed by atoms with van der Waals surface area (Å²) in [6.07, 6.45) is 0.383. The molecule has 3 aromatic rings. The highest BCUT2D eigenvalue weighted by Crippen LogP contribution is 2.38. The van der Waals surface area contributed by atoms with Crippen LogP contribution in [0, 0.1) is 6.92 Å². The Labute approximate surface area is 126 Å². The quantitative estimate of drug-likeness (QED) is 0.545. The smallest absolute Gasteiger partial charge is 0.240 e. The van der Waals surface area contributed by atoms with Crippen LogP contribution < -0.4 is 0 Å². The summed E-state index contributed by atoms with van der Waals surface area (Å²) in [6, 6.07) is 12.3. The molecule has 4 nitrogen and oxygen atoms in total. The number of benzene rings is 2. The van der Waals surface area contributed by atoms with Gasteiger partial charge in [-0.1, -0.05) is 24.3 Å². The highest BCUT2D eigenvalue weighted by molar-refractivity contribution is 7.85. The number of hydrogen-bond acceptors (Lipinski definition) is 4. The van der Waals surface area contributed by atoms with E-state index in [-0.39, 0.29) is 16.2 Å². The number of hydrogen-bond donors (Lipinski definition) is 0. The lowest BCUT2D eigenvalue weighted by molar-refractivity contribution is 0.462. The largest absolute Gasteiger partial charge is 0.748 e. The van der Waals surface area contributed by atoms with Crippen LogP contribution in [-0.2, 0) is 15.9 Å². The summed E-state index contributed by atoms with van der Waals surface area (Å²) < 4.78 is 33.3. The standard InChI is InChI=1S/C15H15NO3S2/c1-11-16-15-13-6-3-2-5-12(13)7-8-14(15)20(11)9-4-10-21(17,18)19/h2-3,5-8H,4,9-10H2,1H3. The Hall–Kier alpha value is -1.50. The van der Waals surface area contributed by atoms with Gasteiger partial charge in [0, 0.05) is 41.0 Å². The Bertz CT molecular complexity index is 913. The Morgan fingerprint density at radius 2 is 1.95 bits per heavy atom. The van der Waals surface area contributed by atoms with E-state index in [2.05, 4.69) is 29.2 Å². The minimum absolute atomic E-state index is 0.191. The van der Waals surface area contributed by atoms with Gasteiger partial charge in [-0.15, -0.1) is 0 Å². The maximum Gasteiger partial charge on any atom is 0.240 e. The molecule has 0 bridgehead atoms. The van der Waals surface area contributed by atoms with E-state index >= 15 is 0 Å². The van der Waals surface area contributed by atoms with E-state index in [0.29, 0.717) is 12.2 Å². The molecule has 110 valence electrons. The first-order valence-corrected chi connectivity index (χ1v) is 9.64. The van der Waals surface area contributed by atoms with E-state index in [0.717, 1.165) is 26.0 Å². The average molecular weight is 321 g/mol. The van der Waals surface area contributed by atoms with Crippen LogP contribution in [0.15, 0.2) is 36.4 Å². The second kappa shape index (κ2) is 5.36. The summed E-state index contributed by atoms with van der Waals surface area (Å²) in [6.45, 7) is 1.98. The predicted octanol–water partition coefficient (Wildman–Crippen LogP) is 3.38. The van der Waals surface area contributed by atoms with Gasteiger partial charge in [0.1, 0.15) is 11.3 Å². The molecule has 1 atom stereocenters. The van der Waals surface area contributed by atoms with Gasteiger partial charge >= 0.3 is 0 Å². The molecule has 0 aliphatic rings. The number of thiazole rings is 1. The van der Waals surface area contributed by atoms with Crippen molar-refractivity contribution in [1.29, 1.82) is 0 Å². The van der Waals surface area contributed by atoms with Crippen molar-refractivity contribution in [1.82, 2.24) is 4.98 Å². The molecule has 0 spiro atoms. The molecule has 3 rings (SSSR count). The summed E-state index contributed by atoms with van der Waals surface area (Å²) in [5.74, 6) is 0.370. The molecule has 0 aliphatic carbocycles. The van der Waals surface area contributed by atoms with Gasteiger partial charge in [-0.25, -0.2) is 8.42 Å². The van der Waals surface area contributed by atoms with Crippen molar-refractivity contribution in [3.8, 4) is 0 Å². The van der Waals surface area contributed by atoms with Crippen LogP contribution in [0.25, 0.3) is 21.0 Å². The zero-order valence-electron chi connectivity index (χ0n) is 11.6. The average Bonchev–Trinajstić information content (AvgIpc) is 2.74. The van der Waals surface area contributed by atoms with Gasteiger partial charge in [0.15, 0.2) is 0 Å². The minimum atomic E-state index is -4.13. The van der Waals surface area contributed by atoms with Crippen LogP contribution in [0.4, 0.5) is 0 Å². The first-order chi connectivity index (χ1) is 9.96. The van der Waals surface area contributed by atoms with Crippen molar-refractivity contribution in [3.05, 3.63) is 41.4 Å². The van der Waals surface area contributed by atoms with E-state index in [1.54, 1.807) is 0 Å². The molecule has 1 aromatic heterocycles. The van der Waals surface area contributed by atoms with Crippen LogP contribution in [0.1, 0.15) is 11.4 Å². The van der Waals surface area contributed by atoms with Gasteiger partial charge in [-0.2, -0.15) is 4.98 Å². The molecular weight excluding hydrogens is 306 g/mol. The fraction of sp³-hybridized carbons (Fsp3) is 0.267. The van der Waals surface area contributed by atoms with Crippen molar-refractivity contribution in [2.24, 2.45) is 0 Å². The van der Waals surface area contributed by atoms with Crippen molar-refractivity contribution < 1.29 is 13.0 Å². The lowest BCUT2D eigenvalue weighted by atomic mass is 10.1. The monoisotopic (exact) mass is 321 g/mol. The topological polar surface area (TPSA) is 70.1 Å². The third-order valence-electron chi connectivity index (χ3n) is 3.50. The fourth-order valence-electron chi connectivity index (χ4n) is 2.56. The van der Waals surface area contributed by atoms with E-state index in [1.807, 2.05) is 19.1 Å². The number of aromatic nitrogens is 1. The Balaban J connectivity index is 2.03. The van der Waals surface area contributed by atoms with Crippen LogP contribution in [-0.4, -0.2) is 23.7 Å². The first kappa shape index (κ1) is 14.4. The molecule has 1 heterocycles. The molecule has 0 N–H and O–H groups in total. The third-order valence-corrected chi connectivity index (χ3v) is 6.65. The zero-order chi connectivity index (χ0) is 15.0. The maximum atomic E-state index is 10.7. The molecule has 0 amide bonds. The van der Waals surface area contributed by atoms with E-state index in [9.17, 15) is 13.0 Å². The van der Waals surface area contributed by atoms with Crippen molar-refractivity contribution in [3.63, 3.8) is 0 Å². The van der Waals surface area contributed by atoms with Gasteiger partial charge in [-0.3, -0.25) is 0 Å². The predicted molar refractivity (Wildman–Crippen MR) is 85.6 cm³/mol. The van der Waals surface area contributed by atoms with Crippen LogP contribution in [0.3, 0.4) is 0 Å². The van der Waals surface area contributed by atoms with Crippen LogP contribution in [0.5, 0.6) is 0 Å². The molecule has 2 aromatic carbocycles. The highest BCUT2D eigenvalue weighted by atomic mass is 32.2. The molecule has 6 heteroatoms. The lowest BCUT2D eigenvalue weighted by Gasteiger charge is -2.03. The molecule has 21 heavy (non-hydrogen) atoms. The summed E-state index contributed by atoms with van der Waals surface area (Å²) in [7, 11) is -4.32. The third kappa shape index (κ3) is 2.92. The number of fused-ring (bicyclic) bond motifs is 3. The van der Waals surface area contributed by atoms with Crippen LogP contribution in [0.2, 0.25) is 0 Å². The SMILES string of the molecule is Cc1nc2c3ccccc3ccc2[s+]1CCCS(=O)(=O)[O-]. The number of aryl methyl sites for hydroxylation is 2. The van der Waals surface area contributed by atoms with Crippen LogP contribution >= 0.6 is 10.5 Å². The van der Waals surface area contributed by atoms with Gasteiger partial charge in [0.25, 0.3) is 0 Å². The minimum Gasteiger partial charge on any atom is -0.748 e. The second-order valence-corrected chi connectivity index (χ2v) is 8.72. The van der Waals surface area contributed by atoms with E-state index in [1.165, 1.54) is 0 Å². The van der Waals surface area contributed by atoms with Crippen molar-refractivity contribution in [2.75, 3.05) is 5.75 Å². The molecule has 0 radical (unpaired) electrons. The van der Waals surface area contributed by atoms with Crippen molar-refractivity contribution >= 4 is 41.6 Å². The normalized spacial score (nSPS) is 13.1. The van der Waals surface area contributed by atoms with E-state index < -0.39 is 10.1 Å². The number of nitrogens with zero attached hydrogens (tertiary/aromatic N) is 1. The summed E-state index contributed by atoms with van der Waals surface area (Å²) in [5.41, 5.74) is 0.999. The Kier molecular flexibility index (Phi) is 3.69. The highest BCUT2D eigenvalue weighted by Gasteiger charge is 2.20. The summed E-state index contributed by atoms with van der Waals surface area (Å²) in [4.78, 5) is 4.68. The second-order valence-electron chi connectivity index (χ2n) is 4.97. The summed E-state index contributed by atoms with van der Waals surface area (Å²) >= 11 is 0. The molecule has 0 aliphatic heterocycles. The lowest BCUT2D eigenvalue weighted by Crippen LogP contribution is -2.04. The summed E-state index contributed by atoms with van der Waals surface area (Å²) in [5, 5.41) is 3.30. The van der Waals surface area contributed by atoms with Gasteiger partial charge in [-0.05, 0) is 11.5 Å². The fourth-order valence-corrected chi connectivity index (χ4v) is 5.33. The molecule has 0 saturated heterocycles. The Morgan fingerprint density at radius 3 is 2.71 bits per heavy atom. The molecule has 0 saturated carbocycles.